The third kappa shape index (κ3) is 4.15. The first kappa shape index (κ1) is 14.7. The van der Waals surface area contributed by atoms with Gasteiger partial charge in [-0.05, 0) is 32.6 Å². The maximum Gasteiger partial charge on any atom is 0.308 e. The Labute approximate surface area is 120 Å². The average Bonchev–Trinajstić information content (AvgIpc) is 2.91. The van der Waals surface area contributed by atoms with E-state index in [1.54, 1.807) is 5.51 Å². The Morgan fingerprint density at radius 1 is 1.63 bits per heavy atom. The van der Waals surface area contributed by atoms with Gasteiger partial charge < -0.3 is 9.84 Å². The Morgan fingerprint density at radius 2 is 2.37 bits per heavy atom. The van der Waals surface area contributed by atoms with Crippen molar-refractivity contribution in [2.24, 2.45) is 5.92 Å². The van der Waals surface area contributed by atoms with E-state index >= 15 is 0 Å². The SMILES string of the molecule is CCOC(=O)C1CCC(O)(CSc2nncs2)CC1. The highest BCUT2D eigenvalue weighted by molar-refractivity contribution is 8.01. The Bertz CT molecular complexity index is 403. The van der Waals surface area contributed by atoms with E-state index in [-0.39, 0.29) is 11.9 Å². The maximum absolute atomic E-state index is 11.6. The van der Waals surface area contributed by atoms with Crippen molar-refractivity contribution in [3.05, 3.63) is 5.51 Å². The highest BCUT2D eigenvalue weighted by Crippen LogP contribution is 2.36. The van der Waals surface area contributed by atoms with Crippen molar-refractivity contribution in [3.63, 3.8) is 0 Å². The zero-order valence-corrected chi connectivity index (χ0v) is 12.5. The second-order valence-electron chi connectivity index (χ2n) is 4.74. The summed E-state index contributed by atoms with van der Waals surface area (Å²) < 4.78 is 5.90. The number of nitrogens with zero attached hydrogens (tertiary/aromatic N) is 2. The number of ether oxygens (including phenoxy) is 1. The van der Waals surface area contributed by atoms with Gasteiger partial charge in [0.2, 0.25) is 0 Å². The zero-order valence-electron chi connectivity index (χ0n) is 10.9. The molecule has 0 aliphatic heterocycles. The molecule has 1 aliphatic rings. The van der Waals surface area contributed by atoms with Crippen molar-refractivity contribution in [1.29, 1.82) is 0 Å². The molecule has 1 saturated carbocycles. The Hall–Kier alpha value is -0.660. The monoisotopic (exact) mass is 302 g/mol. The van der Waals surface area contributed by atoms with Crippen LogP contribution in [0.5, 0.6) is 0 Å². The van der Waals surface area contributed by atoms with Crippen LogP contribution >= 0.6 is 23.1 Å². The Balaban J connectivity index is 1.79. The van der Waals surface area contributed by atoms with Crippen LogP contribution in [0.2, 0.25) is 0 Å². The molecule has 1 aromatic heterocycles. The lowest BCUT2D eigenvalue weighted by Crippen LogP contribution is -2.38. The number of carbonyl (C=O) groups excluding carboxylic acids is 1. The number of esters is 1. The van der Waals surface area contributed by atoms with Crippen LogP contribution in [0.25, 0.3) is 0 Å². The maximum atomic E-state index is 11.6. The number of aromatic nitrogens is 2. The lowest BCUT2D eigenvalue weighted by molar-refractivity contribution is -0.150. The van der Waals surface area contributed by atoms with E-state index in [4.69, 9.17) is 4.74 Å². The summed E-state index contributed by atoms with van der Waals surface area (Å²) in [6.45, 7) is 2.24. The minimum Gasteiger partial charge on any atom is -0.466 e. The molecule has 0 amide bonds. The first-order chi connectivity index (χ1) is 9.13. The summed E-state index contributed by atoms with van der Waals surface area (Å²) in [6, 6.07) is 0. The zero-order chi connectivity index (χ0) is 13.7. The van der Waals surface area contributed by atoms with Crippen molar-refractivity contribution < 1.29 is 14.6 Å². The molecule has 1 heterocycles. The summed E-state index contributed by atoms with van der Waals surface area (Å²) in [7, 11) is 0. The molecular weight excluding hydrogens is 284 g/mol. The van der Waals surface area contributed by atoms with Gasteiger partial charge in [-0.3, -0.25) is 4.79 Å². The highest BCUT2D eigenvalue weighted by atomic mass is 32.2. The molecule has 5 nitrogen and oxygen atoms in total. The number of thioether (sulfide) groups is 1. The topological polar surface area (TPSA) is 72.3 Å². The van der Waals surface area contributed by atoms with E-state index in [9.17, 15) is 9.90 Å². The molecule has 0 spiro atoms. The van der Waals surface area contributed by atoms with Gasteiger partial charge in [-0.2, -0.15) is 0 Å². The normalized spacial score (nSPS) is 27.2. The van der Waals surface area contributed by atoms with Crippen LogP contribution in [0.3, 0.4) is 0 Å². The summed E-state index contributed by atoms with van der Waals surface area (Å²) in [6.07, 6.45) is 2.68. The molecular formula is C12H18N2O3S2. The van der Waals surface area contributed by atoms with Gasteiger partial charge in [-0.25, -0.2) is 0 Å². The van der Waals surface area contributed by atoms with Crippen LogP contribution in [0.15, 0.2) is 9.85 Å². The standard InChI is InChI=1S/C12H18N2O3S2/c1-2-17-10(15)9-3-5-12(16,6-4-9)7-18-11-14-13-8-19-11/h8-9,16H,2-7H2,1H3. The van der Waals surface area contributed by atoms with Gasteiger partial charge in [0.05, 0.1) is 18.1 Å². The van der Waals surface area contributed by atoms with Gasteiger partial charge in [-0.1, -0.05) is 23.1 Å². The largest absolute Gasteiger partial charge is 0.466 e. The van der Waals surface area contributed by atoms with Crippen molar-refractivity contribution in [1.82, 2.24) is 10.2 Å². The van der Waals surface area contributed by atoms with E-state index in [2.05, 4.69) is 10.2 Å². The third-order valence-corrected chi connectivity index (χ3v) is 5.48. The van der Waals surface area contributed by atoms with Gasteiger partial charge in [0, 0.05) is 5.75 Å². The Kier molecular flexibility index (Phi) is 5.18. The van der Waals surface area contributed by atoms with Crippen LogP contribution < -0.4 is 0 Å². The molecule has 0 saturated heterocycles. The first-order valence-corrected chi connectivity index (χ1v) is 8.27. The fourth-order valence-electron chi connectivity index (χ4n) is 2.22. The molecule has 0 atom stereocenters. The first-order valence-electron chi connectivity index (χ1n) is 6.41. The fourth-order valence-corrected chi connectivity index (χ4v) is 3.86. The van der Waals surface area contributed by atoms with Gasteiger partial charge in [0.1, 0.15) is 5.51 Å². The van der Waals surface area contributed by atoms with Crippen molar-refractivity contribution in [3.8, 4) is 0 Å². The Morgan fingerprint density at radius 3 is 2.95 bits per heavy atom. The lowest BCUT2D eigenvalue weighted by atomic mass is 9.80. The van der Waals surface area contributed by atoms with Crippen LogP contribution in [0.1, 0.15) is 32.6 Å². The van der Waals surface area contributed by atoms with Gasteiger partial charge in [-0.15, -0.1) is 10.2 Å². The smallest absolute Gasteiger partial charge is 0.308 e. The molecule has 106 valence electrons. The number of rotatable bonds is 5. The second kappa shape index (κ2) is 6.67. The quantitative estimate of drug-likeness (QED) is 0.663. The number of hydrogen-bond acceptors (Lipinski definition) is 7. The molecule has 1 fully saturated rings. The molecule has 2 rings (SSSR count). The van der Waals surface area contributed by atoms with Crippen molar-refractivity contribution in [2.75, 3.05) is 12.4 Å². The third-order valence-electron chi connectivity index (χ3n) is 3.34. The fraction of sp³-hybridized carbons (Fsp3) is 0.750. The molecule has 1 N–H and O–H groups in total. The summed E-state index contributed by atoms with van der Waals surface area (Å²) >= 11 is 3.01. The lowest BCUT2D eigenvalue weighted by Gasteiger charge is -2.34. The molecule has 1 aromatic rings. The highest BCUT2D eigenvalue weighted by Gasteiger charge is 2.36. The van der Waals surface area contributed by atoms with Crippen LogP contribution in [0.4, 0.5) is 0 Å². The second-order valence-corrected chi connectivity index (χ2v) is 6.80. The average molecular weight is 302 g/mol. The van der Waals surface area contributed by atoms with E-state index in [0.717, 1.165) is 4.34 Å². The van der Waals surface area contributed by atoms with Crippen LogP contribution in [-0.2, 0) is 9.53 Å². The van der Waals surface area contributed by atoms with E-state index in [1.807, 2.05) is 6.92 Å². The summed E-state index contributed by atoms with van der Waals surface area (Å²) in [5, 5.41) is 18.2. The van der Waals surface area contributed by atoms with Crippen LogP contribution in [0, 0.1) is 5.92 Å². The number of carbonyl (C=O) groups is 1. The van der Waals surface area contributed by atoms with Crippen molar-refractivity contribution >= 4 is 29.1 Å². The molecule has 19 heavy (non-hydrogen) atoms. The van der Waals surface area contributed by atoms with Gasteiger partial charge in [0.25, 0.3) is 0 Å². The van der Waals surface area contributed by atoms with E-state index < -0.39 is 5.60 Å². The minimum absolute atomic E-state index is 0.0493. The van der Waals surface area contributed by atoms with E-state index in [1.165, 1.54) is 23.1 Å². The molecule has 0 bridgehead atoms. The van der Waals surface area contributed by atoms with Gasteiger partial charge in [0.15, 0.2) is 4.34 Å². The van der Waals surface area contributed by atoms with E-state index in [0.29, 0.717) is 38.0 Å². The predicted molar refractivity (Wildman–Crippen MR) is 74.2 cm³/mol. The summed E-state index contributed by atoms with van der Waals surface area (Å²) in [4.78, 5) is 11.6. The number of aliphatic hydroxyl groups is 1. The summed E-state index contributed by atoms with van der Waals surface area (Å²) in [5.74, 6) is 0.436. The molecule has 7 heteroatoms. The minimum atomic E-state index is -0.695. The molecule has 0 aromatic carbocycles. The van der Waals surface area contributed by atoms with Crippen LogP contribution in [-0.4, -0.2) is 39.2 Å². The van der Waals surface area contributed by atoms with Gasteiger partial charge >= 0.3 is 5.97 Å². The predicted octanol–water partition coefficient (Wildman–Crippen LogP) is 2.11. The van der Waals surface area contributed by atoms with Crippen molar-refractivity contribution in [2.45, 2.75) is 42.5 Å². The molecule has 1 aliphatic carbocycles. The molecule has 0 radical (unpaired) electrons. The number of hydrogen-bond donors (Lipinski definition) is 1. The molecule has 0 unspecified atom stereocenters. The summed E-state index contributed by atoms with van der Waals surface area (Å²) in [5.41, 5.74) is 0.989.